The van der Waals surface area contributed by atoms with Crippen LogP contribution in [0, 0.1) is 5.82 Å². The molecule has 0 fully saturated rings. The number of rotatable bonds is 10. The molecule has 2 aromatic carbocycles. The van der Waals surface area contributed by atoms with Gasteiger partial charge in [-0.3, -0.25) is 9.59 Å². The smallest absolute Gasteiger partial charge is 0.343 e. The number of nitrogens with two attached hydrogens (primary N) is 1. The van der Waals surface area contributed by atoms with E-state index in [-0.39, 0.29) is 61.1 Å². The number of hydrogen-bond donors (Lipinski definition) is 3. The van der Waals surface area contributed by atoms with Gasteiger partial charge in [0, 0.05) is 28.3 Å². The Bertz CT molecular complexity index is 1920. The van der Waals surface area contributed by atoms with Crippen LogP contribution in [0.4, 0.5) is 10.1 Å². The van der Waals surface area contributed by atoms with Gasteiger partial charge in [0.1, 0.15) is 13.2 Å². The van der Waals surface area contributed by atoms with Crippen LogP contribution in [-0.4, -0.2) is 45.8 Å². The number of nitrogens with zero attached hydrogens (tertiary/aromatic N) is 2. The first-order valence-electron chi connectivity index (χ1n) is 15.2. The normalized spacial score (nSPS) is 17.2. The second-order valence-electron chi connectivity index (χ2n) is 11.5. The fourth-order valence-electron chi connectivity index (χ4n) is 6.02. The van der Waals surface area contributed by atoms with E-state index in [4.69, 9.17) is 24.9 Å². The van der Waals surface area contributed by atoms with Crippen LogP contribution in [0.3, 0.4) is 0 Å². The molecule has 12 heteroatoms. The molecule has 0 aliphatic carbocycles. The minimum absolute atomic E-state index is 0.0437. The highest BCUT2D eigenvalue weighted by atomic mass is 19.1. The number of nitrogens with one attached hydrogen (secondary N) is 1. The summed E-state index contributed by atoms with van der Waals surface area (Å²) in [6.45, 7) is 5.91. The summed E-state index contributed by atoms with van der Waals surface area (Å²) in [5.74, 6) is -1.58. The average Bonchev–Trinajstić information content (AvgIpc) is 3.41. The zero-order chi connectivity index (χ0) is 32.7. The molecule has 2 aliphatic rings. The Kier molecular flexibility index (Phi) is 8.36. The molecular formula is C34H35FN4O7. The number of esters is 1. The SMILES string of the molecule is CCc1c2c(nc3cc(F)c(OCCOCc4ccc(NC(=O)[C@H](C)N)cc4)cc13)-c1cc3c(c(=O)n1C2)COC(=O)[C@]3(O)CC. The number of fused-ring (bicyclic) bond motifs is 5. The number of halogens is 1. The van der Waals surface area contributed by atoms with Crippen molar-refractivity contribution in [1.29, 1.82) is 0 Å². The van der Waals surface area contributed by atoms with E-state index in [0.29, 0.717) is 41.0 Å². The van der Waals surface area contributed by atoms with Gasteiger partial charge in [-0.05, 0) is 55.2 Å². The van der Waals surface area contributed by atoms with Crippen molar-refractivity contribution in [3.63, 3.8) is 0 Å². The van der Waals surface area contributed by atoms with E-state index in [1.165, 1.54) is 6.07 Å². The molecule has 0 unspecified atom stereocenters. The maximum atomic E-state index is 15.3. The number of benzene rings is 2. The van der Waals surface area contributed by atoms with Gasteiger partial charge in [0.15, 0.2) is 17.2 Å². The monoisotopic (exact) mass is 630 g/mol. The molecule has 46 heavy (non-hydrogen) atoms. The number of amides is 1. The van der Waals surface area contributed by atoms with Gasteiger partial charge in [-0.1, -0.05) is 26.0 Å². The molecule has 0 radical (unpaired) electrons. The number of cyclic esters (lactones) is 1. The highest BCUT2D eigenvalue weighted by molar-refractivity contribution is 5.94. The fraction of sp³-hybridized carbons (Fsp3) is 0.353. The highest BCUT2D eigenvalue weighted by Crippen LogP contribution is 2.41. The minimum atomic E-state index is -1.93. The van der Waals surface area contributed by atoms with Crippen LogP contribution in [0.15, 0.2) is 47.3 Å². The molecule has 2 aliphatic heterocycles. The predicted octanol–water partition coefficient (Wildman–Crippen LogP) is 3.66. The topological polar surface area (TPSA) is 155 Å². The lowest BCUT2D eigenvalue weighted by Crippen LogP contribution is -2.44. The summed E-state index contributed by atoms with van der Waals surface area (Å²) in [5, 5.41) is 14.6. The van der Waals surface area contributed by atoms with Crippen LogP contribution in [0.2, 0.25) is 0 Å². The molecule has 0 bridgehead atoms. The molecule has 1 amide bonds. The molecule has 4 aromatic rings. The van der Waals surface area contributed by atoms with Crippen molar-refractivity contribution >= 4 is 28.5 Å². The summed E-state index contributed by atoms with van der Waals surface area (Å²) >= 11 is 0. The van der Waals surface area contributed by atoms with Crippen LogP contribution >= 0.6 is 0 Å². The van der Waals surface area contributed by atoms with E-state index >= 15 is 4.39 Å². The van der Waals surface area contributed by atoms with Crippen LogP contribution in [0.5, 0.6) is 5.75 Å². The zero-order valence-corrected chi connectivity index (χ0v) is 25.8. The van der Waals surface area contributed by atoms with E-state index in [1.54, 1.807) is 42.7 Å². The van der Waals surface area contributed by atoms with E-state index in [2.05, 4.69) is 5.32 Å². The average molecular weight is 631 g/mol. The number of carbonyl (C=O) groups is 2. The first-order valence-corrected chi connectivity index (χ1v) is 15.2. The first-order chi connectivity index (χ1) is 22.0. The van der Waals surface area contributed by atoms with Crippen LogP contribution < -0.4 is 21.3 Å². The molecule has 4 N–H and O–H groups in total. The van der Waals surface area contributed by atoms with Crippen molar-refractivity contribution in [3.8, 4) is 17.1 Å². The molecule has 2 atom stereocenters. The molecule has 0 spiro atoms. The molecule has 4 heterocycles. The molecule has 0 saturated carbocycles. The third-order valence-electron chi connectivity index (χ3n) is 8.60. The highest BCUT2D eigenvalue weighted by Gasteiger charge is 2.45. The zero-order valence-electron chi connectivity index (χ0n) is 25.8. The first kappa shape index (κ1) is 31.3. The van der Waals surface area contributed by atoms with Crippen molar-refractivity contribution in [2.75, 3.05) is 18.5 Å². The van der Waals surface area contributed by atoms with Crippen molar-refractivity contribution in [1.82, 2.24) is 9.55 Å². The molecular weight excluding hydrogens is 595 g/mol. The largest absolute Gasteiger partial charge is 0.488 e. The van der Waals surface area contributed by atoms with E-state index in [9.17, 15) is 19.5 Å². The van der Waals surface area contributed by atoms with Gasteiger partial charge >= 0.3 is 5.97 Å². The molecule has 0 saturated heterocycles. The van der Waals surface area contributed by atoms with E-state index < -0.39 is 23.4 Å². The number of ether oxygens (including phenoxy) is 3. The van der Waals surface area contributed by atoms with Crippen molar-refractivity contribution in [2.45, 2.75) is 65.0 Å². The third kappa shape index (κ3) is 5.42. The Hall–Kier alpha value is -4.65. The number of hydrogen-bond acceptors (Lipinski definition) is 9. The lowest BCUT2D eigenvalue weighted by atomic mass is 9.86. The summed E-state index contributed by atoms with van der Waals surface area (Å²) in [6.07, 6.45) is 0.633. The maximum absolute atomic E-state index is 15.3. The number of anilines is 1. The van der Waals surface area contributed by atoms with Gasteiger partial charge in [-0.15, -0.1) is 0 Å². The van der Waals surface area contributed by atoms with Crippen LogP contribution in [-0.2, 0) is 50.8 Å². The molecule has 6 rings (SSSR count). The van der Waals surface area contributed by atoms with E-state index in [1.807, 2.05) is 19.1 Å². The number of aliphatic hydroxyl groups is 1. The molecule has 2 aromatic heterocycles. The van der Waals surface area contributed by atoms with Crippen LogP contribution in [0.1, 0.15) is 55.0 Å². The third-order valence-corrected chi connectivity index (χ3v) is 8.60. The number of pyridine rings is 2. The summed E-state index contributed by atoms with van der Waals surface area (Å²) in [5.41, 5.74) is 8.43. The minimum Gasteiger partial charge on any atom is -0.488 e. The van der Waals surface area contributed by atoms with Crippen molar-refractivity contribution in [3.05, 3.63) is 86.5 Å². The molecule has 11 nitrogen and oxygen atoms in total. The predicted molar refractivity (Wildman–Crippen MR) is 168 cm³/mol. The van der Waals surface area contributed by atoms with Crippen molar-refractivity contribution in [2.24, 2.45) is 5.73 Å². The second-order valence-corrected chi connectivity index (χ2v) is 11.5. The van der Waals surface area contributed by atoms with Gasteiger partial charge in [-0.25, -0.2) is 14.2 Å². The van der Waals surface area contributed by atoms with Crippen LogP contribution in [0.25, 0.3) is 22.3 Å². The summed E-state index contributed by atoms with van der Waals surface area (Å²) < 4.78 is 33.4. The lowest BCUT2D eigenvalue weighted by molar-refractivity contribution is -0.172. The summed E-state index contributed by atoms with van der Waals surface area (Å²) in [4.78, 5) is 42.5. The van der Waals surface area contributed by atoms with Gasteiger partial charge in [0.05, 0.1) is 48.3 Å². The van der Waals surface area contributed by atoms with E-state index in [0.717, 1.165) is 16.7 Å². The second kappa shape index (κ2) is 12.3. The maximum Gasteiger partial charge on any atom is 0.343 e. The Balaban J connectivity index is 1.19. The standard InChI is InChI=1S/C34H35FN4O7/c1-4-21-22-12-29(45-11-10-44-16-19-6-8-20(9-7-19)37-31(40)18(3)36)26(35)14-27(22)38-30-23(21)15-39-28(30)13-25-24(32(39)41)17-46-33(42)34(25,43)5-2/h6-9,12-14,18,43H,4-5,10-11,15-17,36H2,1-3H3,(H,37,40)/t18-,34-/m0/s1. The van der Waals surface area contributed by atoms with Gasteiger partial charge in [0.25, 0.3) is 5.56 Å². The van der Waals surface area contributed by atoms with Gasteiger partial charge in [-0.2, -0.15) is 0 Å². The quantitative estimate of drug-likeness (QED) is 0.155. The Labute approximate surface area is 264 Å². The van der Waals surface area contributed by atoms with Crippen molar-refractivity contribution < 1.29 is 33.3 Å². The number of aromatic nitrogens is 2. The van der Waals surface area contributed by atoms with Gasteiger partial charge in [0.2, 0.25) is 5.91 Å². The summed E-state index contributed by atoms with van der Waals surface area (Å²) in [6, 6.07) is 11.2. The number of aryl methyl sites for hydroxylation is 1. The fourth-order valence-corrected chi connectivity index (χ4v) is 6.02. The lowest BCUT2D eigenvalue weighted by Gasteiger charge is -2.31. The Morgan fingerprint density at radius 1 is 1.17 bits per heavy atom. The van der Waals surface area contributed by atoms with Gasteiger partial charge < -0.3 is 34.9 Å². The molecule has 240 valence electrons. The summed E-state index contributed by atoms with van der Waals surface area (Å²) in [7, 11) is 0. The Morgan fingerprint density at radius 2 is 1.93 bits per heavy atom. The Morgan fingerprint density at radius 3 is 2.63 bits per heavy atom. The number of carbonyl (C=O) groups excluding carboxylic acids is 2.